The SMILES string of the molecule is CCOc1ccccc1C(c1ccc(Br)cc1)N1CCC(C(=O)O)CC1. The molecule has 5 heteroatoms. The van der Waals surface area contributed by atoms with Gasteiger partial charge in [0.2, 0.25) is 0 Å². The summed E-state index contributed by atoms with van der Waals surface area (Å²) in [5.41, 5.74) is 2.32. The van der Waals surface area contributed by atoms with Crippen LogP contribution >= 0.6 is 15.9 Å². The second-order valence-corrected chi connectivity index (χ2v) is 7.49. The summed E-state index contributed by atoms with van der Waals surface area (Å²) >= 11 is 3.51. The van der Waals surface area contributed by atoms with Crippen LogP contribution < -0.4 is 4.74 Å². The van der Waals surface area contributed by atoms with Crippen LogP contribution in [0.15, 0.2) is 53.0 Å². The van der Waals surface area contributed by atoms with Gasteiger partial charge < -0.3 is 9.84 Å². The Morgan fingerprint density at radius 2 is 1.85 bits per heavy atom. The smallest absolute Gasteiger partial charge is 0.306 e. The third kappa shape index (κ3) is 4.27. The average Bonchev–Trinajstić information content (AvgIpc) is 2.65. The van der Waals surface area contributed by atoms with Crippen molar-refractivity contribution in [3.05, 3.63) is 64.1 Å². The zero-order valence-corrected chi connectivity index (χ0v) is 16.5. The Morgan fingerprint density at radius 1 is 1.19 bits per heavy atom. The summed E-state index contributed by atoms with van der Waals surface area (Å²) in [6.07, 6.45) is 1.36. The number of ether oxygens (including phenoxy) is 1. The Balaban J connectivity index is 1.95. The number of rotatable bonds is 6. The van der Waals surface area contributed by atoms with Gasteiger partial charge in [0.1, 0.15) is 5.75 Å². The van der Waals surface area contributed by atoms with Crippen LogP contribution in [0, 0.1) is 5.92 Å². The van der Waals surface area contributed by atoms with E-state index in [9.17, 15) is 9.90 Å². The molecular weight excluding hydrogens is 394 g/mol. The number of likely N-dealkylation sites (tertiary alicyclic amines) is 1. The van der Waals surface area contributed by atoms with Crippen LogP contribution in [0.1, 0.15) is 36.9 Å². The molecule has 0 spiro atoms. The van der Waals surface area contributed by atoms with E-state index in [4.69, 9.17) is 4.74 Å². The van der Waals surface area contributed by atoms with E-state index in [-0.39, 0.29) is 12.0 Å². The molecule has 0 bridgehead atoms. The highest BCUT2D eigenvalue weighted by molar-refractivity contribution is 9.10. The molecule has 1 atom stereocenters. The molecule has 1 fully saturated rings. The van der Waals surface area contributed by atoms with Crippen molar-refractivity contribution in [3.63, 3.8) is 0 Å². The third-order valence-electron chi connectivity index (χ3n) is 4.94. The molecule has 2 aromatic carbocycles. The van der Waals surface area contributed by atoms with Crippen LogP contribution in [-0.2, 0) is 4.79 Å². The Bertz CT molecular complexity index is 739. The van der Waals surface area contributed by atoms with E-state index in [1.54, 1.807) is 0 Å². The molecule has 1 aliphatic rings. The molecule has 1 saturated heterocycles. The summed E-state index contributed by atoms with van der Waals surface area (Å²) < 4.78 is 6.93. The lowest BCUT2D eigenvalue weighted by Crippen LogP contribution is -2.39. The number of piperidine rings is 1. The predicted octanol–water partition coefficient (Wildman–Crippen LogP) is 4.73. The number of hydrogen-bond donors (Lipinski definition) is 1. The van der Waals surface area contributed by atoms with E-state index in [2.05, 4.69) is 51.2 Å². The average molecular weight is 418 g/mol. The molecule has 26 heavy (non-hydrogen) atoms. The van der Waals surface area contributed by atoms with E-state index in [0.29, 0.717) is 19.4 Å². The number of carbonyl (C=O) groups is 1. The van der Waals surface area contributed by atoms with Gasteiger partial charge in [0.25, 0.3) is 0 Å². The van der Waals surface area contributed by atoms with Gasteiger partial charge in [-0.25, -0.2) is 0 Å². The van der Waals surface area contributed by atoms with E-state index >= 15 is 0 Å². The van der Waals surface area contributed by atoms with Gasteiger partial charge >= 0.3 is 5.97 Å². The van der Waals surface area contributed by atoms with Gasteiger partial charge in [-0.05, 0) is 56.6 Å². The molecule has 3 rings (SSSR count). The molecule has 0 radical (unpaired) electrons. The number of carboxylic acid groups (broad SMARTS) is 1. The van der Waals surface area contributed by atoms with E-state index in [1.165, 1.54) is 5.56 Å². The van der Waals surface area contributed by atoms with Crippen molar-refractivity contribution in [1.29, 1.82) is 0 Å². The molecule has 1 unspecified atom stereocenters. The third-order valence-corrected chi connectivity index (χ3v) is 5.47. The van der Waals surface area contributed by atoms with Gasteiger partial charge in [-0.15, -0.1) is 0 Å². The minimum Gasteiger partial charge on any atom is -0.494 e. The number of para-hydroxylation sites is 1. The standard InChI is InChI=1S/C21H24BrNO3/c1-2-26-19-6-4-3-5-18(19)20(15-7-9-17(22)10-8-15)23-13-11-16(12-14-23)21(24)25/h3-10,16,20H,2,11-14H2,1H3,(H,24,25). The summed E-state index contributed by atoms with van der Waals surface area (Å²) in [5, 5.41) is 9.30. The summed E-state index contributed by atoms with van der Waals surface area (Å²) in [6, 6.07) is 16.6. The van der Waals surface area contributed by atoms with Crippen LogP contribution in [-0.4, -0.2) is 35.7 Å². The minimum atomic E-state index is -0.681. The Kier molecular flexibility index (Phi) is 6.33. The van der Waals surface area contributed by atoms with Gasteiger partial charge in [0.05, 0.1) is 18.6 Å². The lowest BCUT2D eigenvalue weighted by atomic mass is 9.91. The fourth-order valence-corrected chi connectivity index (χ4v) is 3.89. The molecule has 0 aromatic heterocycles. The maximum absolute atomic E-state index is 11.3. The highest BCUT2D eigenvalue weighted by Gasteiger charge is 2.31. The molecule has 2 aromatic rings. The number of aliphatic carboxylic acids is 1. The molecule has 0 saturated carbocycles. The van der Waals surface area contributed by atoms with E-state index < -0.39 is 5.97 Å². The topological polar surface area (TPSA) is 49.8 Å². The van der Waals surface area contributed by atoms with Crippen molar-refractivity contribution in [2.24, 2.45) is 5.92 Å². The lowest BCUT2D eigenvalue weighted by Gasteiger charge is -2.37. The second kappa shape index (κ2) is 8.69. The summed E-state index contributed by atoms with van der Waals surface area (Å²) in [5.74, 6) is -0.0261. The van der Waals surface area contributed by atoms with Crippen molar-refractivity contribution >= 4 is 21.9 Å². The first-order chi connectivity index (χ1) is 12.6. The minimum absolute atomic E-state index is 0.0561. The van der Waals surface area contributed by atoms with Crippen molar-refractivity contribution < 1.29 is 14.6 Å². The second-order valence-electron chi connectivity index (χ2n) is 6.57. The molecule has 1 heterocycles. The van der Waals surface area contributed by atoms with Crippen LogP contribution in [0.4, 0.5) is 0 Å². The Labute approximate surface area is 162 Å². The van der Waals surface area contributed by atoms with Crippen molar-refractivity contribution in [1.82, 2.24) is 4.90 Å². The molecule has 0 aliphatic carbocycles. The zero-order valence-electron chi connectivity index (χ0n) is 14.9. The molecule has 138 valence electrons. The van der Waals surface area contributed by atoms with Gasteiger partial charge in [-0.3, -0.25) is 9.69 Å². The van der Waals surface area contributed by atoms with Crippen LogP contribution in [0.5, 0.6) is 5.75 Å². The first-order valence-corrected chi connectivity index (χ1v) is 9.83. The van der Waals surface area contributed by atoms with Gasteiger partial charge in [0.15, 0.2) is 0 Å². The quantitative estimate of drug-likeness (QED) is 0.737. The lowest BCUT2D eigenvalue weighted by molar-refractivity contribution is -0.143. The molecule has 1 aliphatic heterocycles. The number of halogens is 1. The highest BCUT2D eigenvalue weighted by atomic mass is 79.9. The fraction of sp³-hybridized carbons (Fsp3) is 0.381. The van der Waals surface area contributed by atoms with Crippen LogP contribution in [0.3, 0.4) is 0 Å². The van der Waals surface area contributed by atoms with Crippen LogP contribution in [0.25, 0.3) is 0 Å². The van der Waals surface area contributed by atoms with E-state index in [0.717, 1.165) is 28.9 Å². The first-order valence-electron chi connectivity index (χ1n) is 9.04. The normalized spacial score (nSPS) is 17.0. The number of nitrogens with zero attached hydrogens (tertiary/aromatic N) is 1. The molecule has 0 amide bonds. The van der Waals surface area contributed by atoms with Gasteiger partial charge in [-0.1, -0.05) is 46.3 Å². The number of benzene rings is 2. The monoisotopic (exact) mass is 417 g/mol. The zero-order chi connectivity index (χ0) is 18.5. The molecule has 4 nitrogen and oxygen atoms in total. The van der Waals surface area contributed by atoms with Crippen molar-refractivity contribution in [2.45, 2.75) is 25.8 Å². The molecule has 1 N–H and O–H groups in total. The fourth-order valence-electron chi connectivity index (χ4n) is 3.63. The van der Waals surface area contributed by atoms with Crippen molar-refractivity contribution in [2.75, 3.05) is 19.7 Å². The van der Waals surface area contributed by atoms with Crippen molar-refractivity contribution in [3.8, 4) is 5.75 Å². The Hall–Kier alpha value is -1.85. The maximum Gasteiger partial charge on any atom is 0.306 e. The maximum atomic E-state index is 11.3. The van der Waals surface area contributed by atoms with Crippen LogP contribution in [0.2, 0.25) is 0 Å². The summed E-state index contributed by atoms with van der Waals surface area (Å²) in [6.45, 7) is 4.13. The molecular formula is C21H24BrNO3. The summed E-state index contributed by atoms with van der Waals surface area (Å²) in [4.78, 5) is 13.7. The highest BCUT2D eigenvalue weighted by Crippen LogP contribution is 2.37. The van der Waals surface area contributed by atoms with Gasteiger partial charge in [-0.2, -0.15) is 0 Å². The summed E-state index contributed by atoms with van der Waals surface area (Å²) in [7, 11) is 0. The van der Waals surface area contributed by atoms with Gasteiger partial charge in [0, 0.05) is 10.0 Å². The first kappa shape index (κ1) is 18.9. The predicted molar refractivity (Wildman–Crippen MR) is 106 cm³/mol. The van der Waals surface area contributed by atoms with E-state index in [1.807, 2.05) is 25.1 Å². The number of carboxylic acids is 1. The number of hydrogen-bond acceptors (Lipinski definition) is 3. The largest absolute Gasteiger partial charge is 0.494 e. The Morgan fingerprint density at radius 3 is 2.46 bits per heavy atom.